The summed E-state index contributed by atoms with van der Waals surface area (Å²) in [5.41, 5.74) is -0.431. The van der Waals surface area contributed by atoms with E-state index in [4.69, 9.17) is 9.47 Å². The fourth-order valence-corrected chi connectivity index (χ4v) is 3.82. The van der Waals surface area contributed by atoms with Crippen molar-refractivity contribution < 1.29 is 37.0 Å². The molecule has 0 aliphatic carbocycles. The molecule has 0 bridgehead atoms. The summed E-state index contributed by atoms with van der Waals surface area (Å²) in [6.45, 7) is 6.37. The number of alkyl halides is 3. The monoisotopic (exact) mass is 461 g/mol. The Morgan fingerprint density at radius 2 is 1.74 bits per heavy atom. The van der Waals surface area contributed by atoms with Gasteiger partial charge >= 0.3 is 18.1 Å². The topological polar surface area (TPSA) is 99.5 Å². The molecule has 0 aliphatic rings. The molecule has 170 valence electrons. The molecule has 1 N–H and O–H groups in total. The molecular formula is C19H22F3N3O5S. The van der Waals surface area contributed by atoms with Crippen LogP contribution in [0, 0.1) is 13.8 Å². The van der Waals surface area contributed by atoms with Crippen LogP contribution in [0.4, 0.5) is 18.2 Å². The third-order valence-electron chi connectivity index (χ3n) is 4.16. The third-order valence-corrected chi connectivity index (χ3v) is 5.35. The van der Waals surface area contributed by atoms with E-state index in [9.17, 15) is 27.6 Å². The zero-order valence-electron chi connectivity index (χ0n) is 17.4. The quantitative estimate of drug-likeness (QED) is 0.598. The van der Waals surface area contributed by atoms with Gasteiger partial charge in [-0.1, -0.05) is 0 Å². The van der Waals surface area contributed by atoms with Crippen LogP contribution in [0.5, 0.6) is 0 Å². The molecule has 0 radical (unpaired) electrons. The number of amides is 1. The van der Waals surface area contributed by atoms with Gasteiger partial charge in [-0.2, -0.15) is 18.3 Å². The Morgan fingerprint density at radius 1 is 1.13 bits per heavy atom. The standard InChI is InChI=1S/C19H22F3N3O5S/c1-5-29-17(27)14-11(4)15(18(28)30-6-2)31-16(14)23-13(26)7-8-25-10(3)9-12(24-25)19(20,21)22/h9H,5-8H2,1-4H3,(H,23,26). The van der Waals surface area contributed by atoms with Gasteiger partial charge in [-0.05, 0) is 39.3 Å². The van der Waals surface area contributed by atoms with Crippen LogP contribution in [-0.4, -0.2) is 40.8 Å². The van der Waals surface area contributed by atoms with Crippen LogP contribution in [-0.2, 0) is 27.0 Å². The molecule has 1 amide bonds. The molecule has 12 heteroatoms. The first-order valence-corrected chi connectivity index (χ1v) is 10.2. The molecule has 31 heavy (non-hydrogen) atoms. The van der Waals surface area contributed by atoms with Gasteiger partial charge in [-0.15, -0.1) is 11.3 Å². The van der Waals surface area contributed by atoms with Crippen molar-refractivity contribution in [2.24, 2.45) is 0 Å². The minimum absolute atomic E-state index is 0.0397. The number of hydrogen-bond acceptors (Lipinski definition) is 7. The molecule has 0 aromatic carbocycles. The van der Waals surface area contributed by atoms with Gasteiger partial charge in [0.15, 0.2) is 5.69 Å². The van der Waals surface area contributed by atoms with Crippen LogP contribution in [0.2, 0.25) is 0 Å². The summed E-state index contributed by atoms with van der Waals surface area (Å²) in [6, 6.07) is 0.894. The predicted octanol–water partition coefficient (Wildman–Crippen LogP) is 3.96. The van der Waals surface area contributed by atoms with Crippen LogP contribution < -0.4 is 5.32 Å². The van der Waals surface area contributed by atoms with Gasteiger partial charge in [-0.3, -0.25) is 9.48 Å². The first kappa shape index (κ1) is 24.4. The Hall–Kier alpha value is -2.89. The highest BCUT2D eigenvalue weighted by Gasteiger charge is 2.34. The molecular weight excluding hydrogens is 439 g/mol. The van der Waals surface area contributed by atoms with Crippen molar-refractivity contribution in [1.82, 2.24) is 9.78 Å². The maximum absolute atomic E-state index is 12.8. The van der Waals surface area contributed by atoms with Crippen molar-refractivity contribution in [2.45, 2.75) is 46.8 Å². The summed E-state index contributed by atoms with van der Waals surface area (Å²) in [7, 11) is 0. The largest absolute Gasteiger partial charge is 0.462 e. The Bertz CT molecular complexity index is 981. The van der Waals surface area contributed by atoms with E-state index < -0.39 is 29.7 Å². The Kier molecular flexibility index (Phi) is 7.82. The van der Waals surface area contributed by atoms with E-state index in [2.05, 4.69) is 10.4 Å². The van der Waals surface area contributed by atoms with E-state index in [0.29, 0.717) is 5.56 Å². The summed E-state index contributed by atoms with van der Waals surface area (Å²) >= 11 is 0.870. The molecule has 2 heterocycles. The molecule has 0 aliphatic heterocycles. The number of anilines is 1. The van der Waals surface area contributed by atoms with E-state index in [1.165, 1.54) is 13.8 Å². The minimum Gasteiger partial charge on any atom is -0.462 e. The fourth-order valence-electron chi connectivity index (χ4n) is 2.71. The number of aromatic nitrogens is 2. The average Bonchev–Trinajstić information content (AvgIpc) is 3.20. The highest BCUT2D eigenvalue weighted by Crippen LogP contribution is 2.34. The lowest BCUT2D eigenvalue weighted by atomic mass is 10.1. The fraction of sp³-hybridized carbons (Fsp3) is 0.474. The molecule has 2 rings (SSSR count). The molecule has 0 saturated heterocycles. The lowest BCUT2D eigenvalue weighted by Gasteiger charge is -2.08. The Morgan fingerprint density at radius 3 is 2.29 bits per heavy atom. The van der Waals surface area contributed by atoms with E-state index in [1.54, 1.807) is 13.8 Å². The molecule has 2 aromatic rings. The number of hydrogen-bond donors (Lipinski definition) is 1. The van der Waals surface area contributed by atoms with Gasteiger partial charge in [-0.25, -0.2) is 9.59 Å². The van der Waals surface area contributed by atoms with Gasteiger partial charge in [0.25, 0.3) is 0 Å². The SMILES string of the molecule is CCOC(=O)c1sc(NC(=O)CCn2nc(C(F)(F)F)cc2C)c(C(=O)OCC)c1C. The van der Waals surface area contributed by atoms with Gasteiger partial charge in [0.2, 0.25) is 5.91 Å². The number of carbonyl (C=O) groups is 3. The second-order valence-corrected chi connectivity index (χ2v) is 7.41. The van der Waals surface area contributed by atoms with Crippen LogP contribution in [0.25, 0.3) is 0 Å². The van der Waals surface area contributed by atoms with Gasteiger partial charge < -0.3 is 14.8 Å². The number of esters is 2. The van der Waals surface area contributed by atoms with Crippen LogP contribution in [0.3, 0.4) is 0 Å². The van der Waals surface area contributed by atoms with Crippen molar-refractivity contribution in [3.63, 3.8) is 0 Å². The summed E-state index contributed by atoms with van der Waals surface area (Å²) in [5.74, 6) is -1.91. The Balaban J connectivity index is 2.20. The number of rotatable bonds is 8. The molecule has 0 spiro atoms. The second kappa shape index (κ2) is 9.94. The maximum atomic E-state index is 12.8. The van der Waals surface area contributed by atoms with Crippen LogP contribution >= 0.6 is 11.3 Å². The maximum Gasteiger partial charge on any atom is 0.435 e. The zero-order chi connectivity index (χ0) is 23.3. The number of thiophene rings is 1. The molecule has 0 fully saturated rings. The van der Waals surface area contributed by atoms with Crippen molar-refractivity contribution >= 4 is 34.2 Å². The number of nitrogens with zero attached hydrogens (tertiary/aromatic N) is 2. The third kappa shape index (κ3) is 5.84. The number of ether oxygens (including phenoxy) is 2. The van der Waals surface area contributed by atoms with Crippen molar-refractivity contribution in [1.29, 1.82) is 0 Å². The normalized spacial score (nSPS) is 11.3. The lowest BCUT2D eigenvalue weighted by molar-refractivity contribution is -0.141. The minimum atomic E-state index is -4.58. The van der Waals surface area contributed by atoms with Gasteiger partial charge in [0.1, 0.15) is 9.88 Å². The summed E-state index contributed by atoms with van der Waals surface area (Å²) in [4.78, 5) is 37.1. The van der Waals surface area contributed by atoms with E-state index >= 15 is 0 Å². The first-order valence-electron chi connectivity index (χ1n) is 9.38. The molecule has 8 nitrogen and oxygen atoms in total. The molecule has 2 aromatic heterocycles. The Labute approximate surface area is 180 Å². The summed E-state index contributed by atoms with van der Waals surface area (Å²) < 4.78 is 49.4. The first-order chi connectivity index (χ1) is 14.5. The van der Waals surface area contributed by atoms with Crippen molar-refractivity contribution in [2.75, 3.05) is 18.5 Å². The van der Waals surface area contributed by atoms with E-state index in [-0.39, 0.29) is 47.3 Å². The number of nitrogens with one attached hydrogen (secondary N) is 1. The van der Waals surface area contributed by atoms with E-state index in [0.717, 1.165) is 22.1 Å². The zero-order valence-corrected chi connectivity index (χ0v) is 18.2. The summed E-state index contributed by atoms with van der Waals surface area (Å²) in [6.07, 6.45) is -4.78. The predicted molar refractivity (Wildman–Crippen MR) is 106 cm³/mol. The van der Waals surface area contributed by atoms with Crippen LogP contribution in [0.15, 0.2) is 6.07 Å². The molecule has 0 saturated carbocycles. The van der Waals surface area contributed by atoms with Gasteiger partial charge in [0.05, 0.1) is 18.8 Å². The smallest absolute Gasteiger partial charge is 0.435 e. The van der Waals surface area contributed by atoms with Crippen molar-refractivity contribution in [3.05, 3.63) is 33.5 Å². The molecule has 0 atom stereocenters. The number of halogens is 3. The number of aryl methyl sites for hydroxylation is 2. The van der Waals surface area contributed by atoms with Gasteiger partial charge in [0, 0.05) is 18.7 Å². The second-order valence-electron chi connectivity index (χ2n) is 6.39. The lowest BCUT2D eigenvalue weighted by Crippen LogP contribution is -2.17. The highest BCUT2D eigenvalue weighted by molar-refractivity contribution is 7.18. The average molecular weight is 461 g/mol. The molecule has 0 unspecified atom stereocenters. The number of carbonyl (C=O) groups excluding carboxylic acids is 3. The van der Waals surface area contributed by atoms with Crippen LogP contribution in [0.1, 0.15) is 57.2 Å². The van der Waals surface area contributed by atoms with E-state index in [1.807, 2.05) is 0 Å². The summed E-state index contributed by atoms with van der Waals surface area (Å²) in [5, 5.41) is 6.12. The van der Waals surface area contributed by atoms with Crippen molar-refractivity contribution in [3.8, 4) is 0 Å². The highest BCUT2D eigenvalue weighted by atomic mass is 32.1.